The van der Waals surface area contributed by atoms with Crippen LogP contribution in [0.3, 0.4) is 0 Å². The molecule has 4 aliphatic rings. The van der Waals surface area contributed by atoms with Crippen LogP contribution in [0.4, 0.5) is 34.1 Å². The minimum absolute atomic E-state index is 0.226. The zero-order valence-corrected chi connectivity index (χ0v) is 32.9. The van der Waals surface area contributed by atoms with Crippen LogP contribution in [0.2, 0.25) is 0 Å². The van der Waals surface area contributed by atoms with Crippen LogP contribution in [0, 0.1) is 0 Å². The third kappa shape index (κ3) is 4.57. The second-order valence-electron chi connectivity index (χ2n) is 17.0. The van der Waals surface area contributed by atoms with Crippen LogP contribution in [0.1, 0.15) is 49.9 Å². The molecule has 0 aliphatic carbocycles. The minimum atomic E-state index is -0.226. The summed E-state index contributed by atoms with van der Waals surface area (Å²) in [5, 5.41) is 0. The fourth-order valence-corrected chi connectivity index (χ4v) is 10.0. The maximum atomic E-state index is 6.54. The molecule has 0 N–H and O–H groups in total. The molecule has 4 nitrogen and oxygen atoms in total. The molecule has 0 saturated heterocycles. The van der Waals surface area contributed by atoms with Crippen molar-refractivity contribution in [2.45, 2.75) is 38.5 Å². The molecule has 0 radical (unpaired) electrons. The molecule has 0 amide bonds. The SMILES string of the molecule is CC1(C)c2ccc(-c3cc(-c4ccccc4)cc(-c4ccc5c(c4)N4c6ccccc6Oc6cccc(c64)C5(C)C)c3)cc2N2c3ccccc3Oc3cccc1c32. The van der Waals surface area contributed by atoms with Gasteiger partial charge >= 0.3 is 0 Å². The van der Waals surface area contributed by atoms with E-state index in [2.05, 4.69) is 195 Å². The second kappa shape index (κ2) is 11.7. The van der Waals surface area contributed by atoms with E-state index < -0.39 is 0 Å². The van der Waals surface area contributed by atoms with Crippen molar-refractivity contribution in [3.63, 3.8) is 0 Å². The number of fused-ring (bicyclic) bond motifs is 8. The second-order valence-corrected chi connectivity index (χ2v) is 17.0. The number of ether oxygens (including phenoxy) is 2. The van der Waals surface area contributed by atoms with Crippen LogP contribution in [-0.4, -0.2) is 0 Å². The zero-order valence-electron chi connectivity index (χ0n) is 32.9. The molecule has 0 bridgehead atoms. The summed E-state index contributed by atoms with van der Waals surface area (Å²) < 4.78 is 13.1. The number of para-hydroxylation sites is 6. The molecule has 4 heteroatoms. The number of anilines is 6. The highest BCUT2D eigenvalue weighted by atomic mass is 16.5. The Hall–Kier alpha value is -7.04. The predicted octanol–water partition coefficient (Wildman–Crippen LogP) is 15.1. The van der Waals surface area contributed by atoms with Gasteiger partial charge in [0.1, 0.15) is 0 Å². The molecule has 58 heavy (non-hydrogen) atoms. The number of benzene rings is 8. The molecule has 0 fully saturated rings. The van der Waals surface area contributed by atoms with Gasteiger partial charge in [-0.1, -0.05) is 131 Å². The first-order valence-electron chi connectivity index (χ1n) is 20.2. The Balaban J connectivity index is 1.06. The molecule has 4 heterocycles. The average molecular weight is 749 g/mol. The fraction of sp³-hybridized carbons (Fsp3) is 0.111. The van der Waals surface area contributed by atoms with Crippen molar-refractivity contribution >= 4 is 34.1 Å². The smallest absolute Gasteiger partial charge is 0.151 e. The third-order valence-corrected chi connectivity index (χ3v) is 13.0. The highest BCUT2D eigenvalue weighted by Gasteiger charge is 2.43. The molecule has 0 unspecified atom stereocenters. The molecule has 0 saturated carbocycles. The summed E-state index contributed by atoms with van der Waals surface area (Å²) in [7, 11) is 0. The number of nitrogens with zero attached hydrogens (tertiary/aromatic N) is 2. The van der Waals surface area contributed by atoms with Crippen LogP contribution in [0.15, 0.2) is 170 Å². The third-order valence-electron chi connectivity index (χ3n) is 13.0. The van der Waals surface area contributed by atoms with Crippen LogP contribution in [-0.2, 0) is 10.8 Å². The number of hydrogen-bond donors (Lipinski definition) is 0. The van der Waals surface area contributed by atoms with E-state index in [1.54, 1.807) is 0 Å². The molecule has 278 valence electrons. The Kier molecular flexibility index (Phi) is 6.71. The van der Waals surface area contributed by atoms with E-state index in [1.807, 2.05) is 12.1 Å². The summed E-state index contributed by atoms with van der Waals surface area (Å²) >= 11 is 0. The van der Waals surface area contributed by atoms with Crippen LogP contribution < -0.4 is 19.3 Å². The summed E-state index contributed by atoms with van der Waals surface area (Å²) in [6, 6.07) is 61.6. The van der Waals surface area contributed by atoms with Crippen molar-refractivity contribution in [1.82, 2.24) is 0 Å². The van der Waals surface area contributed by atoms with Crippen LogP contribution in [0.25, 0.3) is 33.4 Å². The summed E-state index contributed by atoms with van der Waals surface area (Å²) in [4.78, 5) is 4.85. The summed E-state index contributed by atoms with van der Waals surface area (Å²) in [6.07, 6.45) is 0. The van der Waals surface area contributed by atoms with Gasteiger partial charge in [0.05, 0.1) is 34.1 Å². The molecule has 0 spiro atoms. The van der Waals surface area contributed by atoms with Crippen molar-refractivity contribution in [3.05, 3.63) is 192 Å². The van der Waals surface area contributed by atoms with E-state index in [9.17, 15) is 0 Å². The summed E-state index contributed by atoms with van der Waals surface area (Å²) in [5.74, 6) is 3.51. The quantitative estimate of drug-likeness (QED) is 0.180. The largest absolute Gasteiger partial charge is 0.453 e. The first kappa shape index (κ1) is 33.1. The Morgan fingerprint density at radius 1 is 0.310 bits per heavy atom. The van der Waals surface area contributed by atoms with Crippen molar-refractivity contribution in [3.8, 4) is 56.4 Å². The Bertz CT molecular complexity index is 2850. The maximum absolute atomic E-state index is 6.54. The standard InChI is InChI=1S/C54H40N2O2/c1-53(2)39-26-24-34(31-45(39)55-43-18-8-10-20-47(43)57-49-22-12-16-41(53)51(49)55)37-28-36(33-14-6-5-7-15-33)29-38(30-37)35-25-27-40-46(32-35)56-44-19-9-11-21-48(44)58-50-23-13-17-42(52(50)56)54(40,3)4/h5-32H,1-4H3. The lowest BCUT2D eigenvalue weighted by molar-refractivity contribution is 0.471. The lowest BCUT2D eigenvalue weighted by atomic mass is 9.72. The first-order valence-corrected chi connectivity index (χ1v) is 20.2. The van der Waals surface area contributed by atoms with E-state index in [0.29, 0.717) is 0 Å². The van der Waals surface area contributed by atoms with Gasteiger partial charge in [-0.05, 0) is 122 Å². The topological polar surface area (TPSA) is 24.9 Å². The maximum Gasteiger partial charge on any atom is 0.151 e. The first-order chi connectivity index (χ1) is 28.3. The molecule has 12 rings (SSSR count). The van der Waals surface area contributed by atoms with Gasteiger partial charge in [0.25, 0.3) is 0 Å². The summed E-state index contributed by atoms with van der Waals surface area (Å²) in [5.41, 5.74) is 18.4. The lowest BCUT2D eigenvalue weighted by Gasteiger charge is -2.45. The van der Waals surface area contributed by atoms with Gasteiger partial charge in [-0.15, -0.1) is 0 Å². The highest BCUT2D eigenvalue weighted by Crippen LogP contribution is 2.62. The van der Waals surface area contributed by atoms with Gasteiger partial charge in [-0.25, -0.2) is 0 Å². The zero-order chi connectivity index (χ0) is 38.9. The lowest BCUT2D eigenvalue weighted by Crippen LogP contribution is -2.32. The molecule has 8 aromatic carbocycles. The summed E-state index contributed by atoms with van der Waals surface area (Å²) in [6.45, 7) is 9.33. The number of rotatable bonds is 3. The van der Waals surface area contributed by atoms with Gasteiger partial charge in [-0.3, -0.25) is 0 Å². The van der Waals surface area contributed by atoms with Gasteiger partial charge in [0.2, 0.25) is 0 Å². The van der Waals surface area contributed by atoms with Gasteiger partial charge in [0, 0.05) is 10.8 Å². The molecule has 0 aromatic heterocycles. The Morgan fingerprint density at radius 3 is 1.21 bits per heavy atom. The Labute approximate surface area is 339 Å². The van der Waals surface area contributed by atoms with Gasteiger partial charge in [-0.2, -0.15) is 0 Å². The van der Waals surface area contributed by atoms with E-state index in [-0.39, 0.29) is 10.8 Å². The van der Waals surface area contributed by atoms with Crippen LogP contribution >= 0.6 is 0 Å². The van der Waals surface area contributed by atoms with E-state index >= 15 is 0 Å². The predicted molar refractivity (Wildman–Crippen MR) is 237 cm³/mol. The van der Waals surface area contributed by atoms with E-state index in [0.717, 1.165) is 45.7 Å². The van der Waals surface area contributed by atoms with Gasteiger partial charge < -0.3 is 19.3 Å². The van der Waals surface area contributed by atoms with Crippen LogP contribution in [0.5, 0.6) is 23.0 Å². The fourth-order valence-electron chi connectivity index (χ4n) is 10.0. The molecule has 0 atom stereocenters. The van der Waals surface area contributed by atoms with E-state index in [4.69, 9.17) is 9.47 Å². The van der Waals surface area contributed by atoms with E-state index in [1.165, 1.54) is 67.0 Å². The Morgan fingerprint density at radius 2 is 0.724 bits per heavy atom. The van der Waals surface area contributed by atoms with Crippen molar-refractivity contribution in [1.29, 1.82) is 0 Å². The van der Waals surface area contributed by atoms with Crippen molar-refractivity contribution in [2.75, 3.05) is 9.80 Å². The monoisotopic (exact) mass is 748 g/mol. The molecule has 8 aromatic rings. The molecular formula is C54H40N2O2. The minimum Gasteiger partial charge on any atom is -0.453 e. The highest BCUT2D eigenvalue weighted by molar-refractivity contribution is 5.97. The average Bonchev–Trinajstić information content (AvgIpc) is 3.26. The van der Waals surface area contributed by atoms with Crippen molar-refractivity contribution in [2.24, 2.45) is 0 Å². The van der Waals surface area contributed by atoms with Gasteiger partial charge in [0.15, 0.2) is 23.0 Å². The molecular weight excluding hydrogens is 709 g/mol. The molecule has 4 aliphatic heterocycles. The number of hydrogen-bond acceptors (Lipinski definition) is 4. The normalized spacial score (nSPS) is 15.4. The van der Waals surface area contributed by atoms with Crippen molar-refractivity contribution < 1.29 is 9.47 Å².